The first kappa shape index (κ1) is 20.8. The molecule has 2 aromatic carbocycles. The molecule has 33 heavy (non-hydrogen) atoms. The quantitative estimate of drug-likeness (QED) is 0.312. The Morgan fingerprint density at radius 3 is 2.76 bits per heavy atom. The number of carbonyl (C=O) groups is 1. The van der Waals surface area contributed by atoms with E-state index < -0.39 is 0 Å². The fourth-order valence-corrected chi connectivity index (χ4v) is 4.39. The van der Waals surface area contributed by atoms with Crippen molar-refractivity contribution in [3.05, 3.63) is 103 Å². The van der Waals surface area contributed by atoms with E-state index in [0.717, 1.165) is 26.4 Å². The van der Waals surface area contributed by atoms with Crippen LogP contribution >= 0.6 is 11.8 Å². The zero-order valence-electron chi connectivity index (χ0n) is 17.8. The fraction of sp³-hybridized carbons (Fsp3) is 0.0385. The second kappa shape index (κ2) is 9.18. The average Bonchev–Trinajstić information content (AvgIpc) is 3.53. The Bertz CT molecular complexity index is 1430. The first-order chi connectivity index (χ1) is 16.2. The minimum atomic E-state index is -0.127. The maximum absolute atomic E-state index is 13.1. The van der Waals surface area contributed by atoms with Crippen LogP contribution < -0.4 is 4.90 Å². The van der Waals surface area contributed by atoms with Crippen molar-refractivity contribution in [3.8, 4) is 0 Å². The third-order valence-corrected chi connectivity index (χ3v) is 6.20. The van der Waals surface area contributed by atoms with E-state index in [9.17, 15) is 4.79 Å². The lowest BCUT2D eigenvalue weighted by Crippen LogP contribution is -2.26. The van der Waals surface area contributed by atoms with Gasteiger partial charge in [-0.1, -0.05) is 36.0 Å². The lowest BCUT2D eigenvalue weighted by atomic mass is 10.2. The summed E-state index contributed by atoms with van der Waals surface area (Å²) in [6.07, 6.45) is 8.97. The molecule has 162 valence electrons. The molecule has 0 saturated carbocycles. The van der Waals surface area contributed by atoms with Crippen LogP contribution in [-0.4, -0.2) is 27.7 Å². The molecule has 0 atom stereocenters. The second-order valence-electron chi connectivity index (χ2n) is 7.29. The third-order valence-electron chi connectivity index (χ3n) is 5.13. The van der Waals surface area contributed by atoms with Crippen LogP contribution in [0.3, 0.4) is 0 Å². The number of pyridine rings is 1. The summed E-state index contributed by atoms with van der Waals surface area (Å²) in [6.45, 7) is 0. The van der Waals surface area contributed by atoms with E-state index in [1.165, 1.54) is 4.90 Å². The molecule has 3 aromatic heterocycles. The molecular weight excluding hydrogens is 432 g/mol. The summed E-state index contributed by atoms with van der Waals surface area (Å²) in [5.74, 6) is 0.377. The highest BCUT2D eigenvalue weighted by atomic mass is 32.2. The van der Waals surface area contributed by atoms with Crippen molar-refractivity contribution in [3.63, 3.8) is 0 Å². The minimum Gasteiger partial charge on any atom is -0.448 e. The number of fused-ring (bicyclic) bond motifs is 1. The molecule has 0 N–H and O–H groups in total. The summed E-state index contributed by atoms with van der Waals surface area (Å²) in [4.78, 5) is 20.8. The molecular formula is C26H20N4O2S. The van der Waals surface area contributed by atoms with Gasteiger partial charge in [-0.3, -0.25) is 14.7 Å². The van der Waals surface area contributed by atoms with E-state index in [-0.39, 0.29) is 5.91 Å². The first-order valence-electron chi connectivity index (χ1n) is 10.3. The van der Waals surface area contributed by atoms with Gasteiger partial charge in [0.15, 0.2) is 0 Å². The summed E-state index contributed by atoms with van der Waals surface area (Å²) in [5, 5.41) is 5.51. The van der Waals surface area contributed by atoms with Gasteiger partial charge in [0.2, 0.25) is 5.88 Å². The number of hydrogen-bond acceptors (Lipinski definition) is 5. The summed E-state index contributed by atoms with van der Waals surface area (Å²) < 4.78 is 7.21. The number of carbonyl (C=O) groups excluding carboxylic acids is 1. The Morgan fingerprint density at radius 2 is 1.94 bits per heavy atom. The van der Waals surface area contributed by atoms with Gasteiger partial charge in [-0.15, -0.1) is 0 Å². The highest BCUT2D eigenvalue weighted by molar-refractivity contribution is 7.99. The number of benzene rings is 2. The molecule has 0 fully saturated rings. The van der Waals surface area contributed by atoms with Crippen LogP contribution in [0.5, 0.6) is 0 Å². The Labute approximate surface area is 195 Å². The monoisotopic (exact) mass is 452 g/mol. The average molecular weight is 453 g/mol. The standard InChI is InChI=1S/C26H20N4O2S/c1-29(25-10-6-16-32-25)26(31)22-8-2-3-9-24(22)33-21-12-11-19-18-28-30(23(19)17-21)15-13-20-7-4-5-14-27-20/h2-18H,1H3. The lowest BCUT2D eigenvalue weighted by molar-refractivity contribution is 0.0986. The van der Waals surface area contributed by atoms with Gasteiger partial charge in [0.05, 0.1) is 29.2 Å². The predicted molar refractivity (Wildman–Crippen MR) is 131 cm³/mol. The van der Waals surface area contributed by atoms with Crippen molar-refractivity contribution in [2.24, 2.45) is 0 Å². The molecule has 0 aliphatic carbocycles. The van der Waals surface area contributed by atoms with Crippen LogP contribution in [0.1, 0.15) is 16.1 Å². The number of nitrogens with zero attached hydrogens (tertiary/aromatic N) is 4. The smallest absolute Gasteiger partial charge is 0.261 e. The minimum absolute atomic E-state index is 0.127. The largest absolute Gasteiger partial charge is 0.448 e. The summed E-state index contributed by atoms with van der Waals surface area (Å²) in [6, 6.07) is 23.1. The van der Waals surface area contributed by atoms with E-state index in [1.807, 2.05) is 77.8 Å². The van der Waals surface area contributed by atoms with Crippen molar-refractivity contribution in [1.82, 2.24) is 14.8 Å². The Balaban J connectivity index is 1.43. The van der Waals surface area contributed by atoms with E-state index >= 15 is 0 Å². The maximum atomic E-state index is 13.1. The van der Waals surface area contributed by atoms with Gasteiger partial charge in [-0.05, 0) is 48.5 Å². The highest BCUT2D eigenvalue weighted by Gasteiger charge is 2.19. The molecule has 1 amide bonds. The zero-order valence-corrected chi connectivity index (χ0v) is 18.6. The Kier molecular flexibility index (Phi) is 5.78. The summed E-state index contributed by atoms with van der Waals surface area (Å²) in [5.41, 5.74) is 2.45. The van der Waals surface area contributed by atoms with Crippen LogP contribution in [0.25, 0.3) is 23.2 Å². The number of aromatic nitrogens is 3. The van der Waals surface area contributed by atoms with Gasteiger partial charge in [0.1, 0.15) is 0 Å². The summed E-state index contributed by atoms with van der Waals surface area (Å²) in [7, 11) is 1.71. The normalized spacial score (nSPS) is 11.3. The van der Waals surface area contributed by atoms with E-state index in [0.29, 0.717) is 11.4 Å². The van der Waals surface area contributed by atoms with Crippen LogP contribution in [0.4, 0.5) is 5.88 Å². The molecule has 7 heteroatoms. The van der Waals surface area contributed by atoms with Gasteiger partial charge < -0.3 is 4.42 Å². The molecule has 0 radical (unpaired) electrons. The molecule has 0 spiro atoms. The van der Waals surface area contributed by atoms with Crippen LogP contribution in [-0.2, 0) is 0 Å². The van der Waals surface area contributed by atoms with Gasteiger partial charge >= 0.3 is 0 Å². The van der Waals surface area contributed by atoms with Gasteiger partial charge in [0.25, 0.3) is 5.91 Å². The zero-order chi connectivity index (χ0) is 22.6. The Morgan fingerprint density at radius 1 is 1.06 bits per heavy atom. The molecule has 5 rings (SSSR count). The molecule has 3 heterocycles. The lowest BCUT2D eigenvalue weighted by Gasteiger charge is -2.16. The molecule has 0 unspecified atom stereocenters. The fourth-order valence-electron chi connectivity index (χ4n) is 3.42. The SMILES string of the molecule is CN(C(=O)c1ccccc1Sc1ccc2cnn(C=Cc3ccccn3)c2c1)c1ccco1. The van der Waals surface area contributed by atoms with Crippen molar-refractivity contribution in [1.29, 1.82) is 0 Å². The number of furan rings is 1. The van der Waals surface area contributed by atoms with Crippen molar-refractivity contribution < 1.29 is 9.21 Å². The number of hydrogen-bond donors (Lipinski definition) is 0. The molecule has 0 bridgehead atoms. The van der Waals surface area contributed by atoms with Crippen molar-refractivity contribution >= 4 is 46.7 Å². The van der Waals surface area contributed by atoms with Gasteiger partial charge in [-0.2, -0.15) is 5.10 Å². The van der Waals surface area contributed by atoms with E-state index in [2.05, 4.69) is 16.1 Å². The van der Waals surface area contributed by atoms with Crippen LogP contribution in [0.15, 0.2) is 106 Å². The molecule has 6 nitrogen and oxygen atoms in total. The van der Waals surface area contributed by atoms with Crippen molar-refractivity contribution in [2.75, 3.05) is 11.9 Å². The second-order valence-corrected chi connectivity index (χ2v) is 8.41. The number of rotatable bonds is 6. The molecule has 5 aromatic rings. The molecule has 0 saturated heterocycles. The summed E-state index contributed by atoms with van der Waals surface area (Å²) >= 11 is 1.54. The topological polar surface area (TPSA) is 64.2 Å². The maximum Gasteiger partial charge on any atom is 0.261 e. The van der Waals surface area contributed by atoms with Crippen molar-refractivity contribution in [2.45, 2.75) is 9.79 Å². The van der Waals surface area contributed by atoms with Gasteiger partial charge in [-0.25, -0.2) is 4.68 Å². The van der Waals surface area contributed by atoms with E-state index in [4.69, 9.17) is 4.42 Å². The first-order valence-corrected chi connectivity index (χ1v) is 11.2. The highest BCUT2D eigenvalue weighted by Crippen LogP contribution is 2.33. The van der Waals surface area contributed by atoms with E-state index in [1.54, 1.807) is 43.4 Å². The Hall–Kier alpha value is -4.10. The molecule has 0 aliphatic rings. The van der Waals surface area contributed by atoms with Gasteiger partial charge in [0, 0.05) is 40.7 Å². The predicted octanol–water partition coefficient (Wildman–Crippen LogP) is 6.08. The number of amides is 1. The molecule has 0 aliphatic heterocycles. The van der Waals surface area contributed by atoms with Crippen LogP contribution in [0, 0.1) is 0 Å². The van der Waals surface area contributed by atoms with Crippen LogP contribution in [0.2, 0.25) is 0 Å². The third kappa shape index (κ3) is 4.44. The number of anilines is 1.